The second-order valence-corrected chi connectivity index (χ2v) is 11.5. The van der Waals surface area contributed by atoms with Gasteiger partial charge in [0.2, 0.25) is 0 Å². The van der Waals surface area contributed by atoms with Gasteiger partial charge < -0.3 is 9.97 Å². The first kappa shape index (κ1) is 28.4. The second-order valence-electron chi connectivity index (χ2n) is 11.5. The van der Waals surface area contributed by atoms with Crippen LogP contribution in [0.1, 0.15) is 126 Å². The minimum Gasteiger partial charge on any atom is -0.355 e. The van der Waals surface area contributed by atoms with Crippen molar-refractivity contribution in [1.82, 2.24) is 19.9 Å². The zero-order valence-corrected chi connectivity index (χ0v) is 26.0. The molecule has 0 fully saturated rings. The molecule has 40 heavy (non-hydrogen) atoms. The van der Waals surface area contributed by atoms with Crippen molar-refractivity contribution in [2.24, 2.45) is 0 Å². The maximum absolute atomic E-state index is 5.81. The van der Waals surface area contributed by atoms with Crippen LogP contribution >= 0.6 is 0 Å². The van der Waals surface area contributed by atoms with Gasteiger partial charge in [-0.1, -0.05) is 55.4 Å². The summed E-state index contributed by atoms with van der Waals surface area (Å²) in [6.45, 7) is 18.8. The Balaban J connectivity index is 2.11. The highest BCUT2D eigenvalue weighted by Gasteiger charge is 2.56. The summed E-state index contributed by atoms with van der Waals surface area (Å²) >= 11 is 0. The molecule has 212 valence electrons. The first-order valence-corrected chi connectivity index (χ1v) is 15.9. The molecular formula is C36H48N4. The smallest absolute Gasteiger partial charge is 0.0658 e. The molecule has 0 radical (unpaired) electrons. The van der Waals surface area contributed by atoms with E-state index in [1.807, 2.05) is 0 Å². The molecule has 0 atom stereocenters. The first-order valence-electron chi connectivity index (χ1n) is 15.9. The largest absolute Gasteiger partial charge is 0.355 e. The van der Waals surface area contributed by atoms with Gasteiger partial charge in [-0.05, 0) is 110 Å². The lowest BCUT2D eigenvalue weighted by atomic mass is 9.55. The fourth-order valence-electron chi connectivity index (χ4n) is 8.27. The topological polar surface area (TPSA) is 57.4 Å². The lowest BCUT2D eigenvalue weighted by Gasteiger charge is -2.46. The van der Waals surface area contributed by atoms with Crippen LogP contribution in [0.25, 0.3) is 34.2 Å². The maximum Gasteiger partial charge on any atom is 0.0658 e. The van der Waals surface area contributed by atoms with Crippen LogP contribution in [-0.4, -0.2) is 19.9 Å². The lowest BCUT2D eigenvalue weighted by molar-refractivity contribution is 0.189. The van der Waals surface area contributed by atoms with E-state index < -0.39 is 0 Å². The molecule has 8 bridgehead atoms. The van der Waals surface area contributed by atoms with E-state index in [1.54, 1.807) is 0 Å². The Bertz CT molecular complexity index is 1590. The number of H-pyrrole nitrogens is 2. The highest BCUT2D eigenvalue weighted by molar-refractivity contribution is 5.79. The van der Waals surface area contributed by atoms with E-state index in [2.05, 4.69) is 102 Å². The molecule has 2 aliphatic heterocycles. The minimum absolute atomic E-state index is 0.0101. The molecule has 5 heterocycles. The van der Waals surface area contributed by atoms with Gasteiger partial charge in [-0.15, -0.1) is 0 Å². The highest BCUT2D eigenvalue weighted by atomic mass is 14.9. The summed E-state index contributed by atoms with van der Waals surface area (Å²) in [6, 6.07) is 8.84. The zero-order chi connectivity index (χ0) is 28.7. The summed E-state index contributed by atoms with van der Waals surface area (Å²) in [6.07, 6.45) is 12.5. The van der Waals surface area contributed by atoms with Crippen molar-refractivity contribution in [3.8, 4) is 0 Å². The summed E-state index contributed by atoms with van der Waals surface area (Å²) < 4.78 is 0. The van der Waals surface area contributed by atoms with Gasteiger partial charge in [-0.3, -0.25) is 4.98 Å². The molecular weight excluding hydrogens is 488 g/mol. The summed E-state index contributed by atoms with van der Waals surface area (Å²) in [7, 11) is 0. The molecule has 3 aromatic heterocycles. The lowest BCUT2D eigenvalue weighted by Crippen LogP contribution is -2.45. The van der Waals surface area contributed by atoms with Gasteiger partial charge >= 0.3 is 0 Å². The number of nitrogens with zero attached hydrogens (tertiary/aromatic N) is 2. The van der Waals surface area contributed by atoms with Gasteiger partial charge in [0.15, 0.2) is 0 Å². The molecule has 0 saturated heterocycles. The van der Waals surface area contributed by atoms with Crippen LogP contribution in [0.4, 0.5) is 0 Å². The predicted molar refractivity (Wildman–Crippen MR) is 172 cm³/mol. The molecule has 4 heteroatoms. The number of nitrogens with one attached hydrogen (secondary N) is 2. The Labute approximate surface area is 240 Å². The van der Waals surface area contributed by atoms with Crippen molar-refractivity contribution in [3.63, 3.8) is 0 Å². The van der Waals surface area contributed by atoms with Crippen molar-refractivity contribution in [2.45, 2.75) is 118 Å². The average molecular weight is 537 g/mol. The van der Waals surface area contributed by atoms with Crippen molar-refractivity contribution in [2.75, 3.05) is 0 Å². The van der Waals surface area contributed by atoms with Gasteiger partial charge in [0.25, 0.3) is 0 Å². The molecule has 0 saturated carbocycles. The Kier molecular flexibility index (Phi) is 7.83. The highest BCUT2D eigenvalue weighted by Crippen LogP contribution is 2.57. The van der Waals surface area contributed by atoms with Crippen molar-refractivity contribution in [1.29, 1.82) is 0 Å². The minimum atomic E-state index is -0.0127. The van der Waals surface area contributed by atoms with Gasteiger partial charge in [-0.2, -0.15) is 0 Å². The third-order valence-corrected chi connectivity index (χ3v) is 10.3. The van der Waals surface area contributed by atoms with Crippen LogP contribution in [0.3, 0.4) is 0 Å². The van der Waals surface area contributed by atoms with Crippen molar-refractivity contribution < 1.29 is 0 Å². The predicted octanol–water partition coefficient (Wildman–Crippen LogP) is 9.55. The number of rotatable bonds is 8. The number of aromatic nitrogens is 4. The average Bonchev–Trinajstić information content (AvgIpc) is 3.75. The monoisotopic (exact) mass is 536 g/mol. The fourth-order valence-corrected chi connectivity index (χ4v) is 8.27. The number of hydrogen-bond donors (Lipinski definition) is 2. The van der Waals surface area contributed by atoms with E-state index in [0.717, 1.165) is 68.3 Å². The second kappa shape index (κ2) is 11.0. The van der Waals surface area contributed by atoms with Gasteiger partial charge in [0.1, 0.15) is 0 Å². The van der Waals surface area contributed by atoms with Gasteiger partial charge in [-0.25, -0.2) is 4.98 Å². The molecule has 2 N–H and O–H groups in total. The molecule has 3 aromatic rings. The number of fused-ring (bicyclic) bond motifs is 8. The maximum atomic E-state index is 5.81. The number of aryl methyl sites for hydroxylation is 4. The Morgan fingerprint density at radius 2 is 1.10 bits per heavy atom. The summed E-state index contributed by atoms with van der Waals surface area (Å²) in [5.41, 5.74) is 15.0. The summed E-state index contributed by atoms with van der Waals surface area (Å²) in [5, 5.41) is 0. The van der Waals surface area contributed by atoms with Crippen LogP contribution in [0.5, 0.6) is 0 Å². The van der Waals surface area contributed by atoms with E-state index in [4.69, 9.17) is 9.97 Å². The van der Waals surface area contributed by atoms with Gasteiger partial charge in [0.05, 0.1) is 22.8 Å². The fraction of sp³-hybridized carbons (Fsp3) is 0.500. The van der Waals surface area contributed by atoms with E-state index in [9.17, 15) is 0 Å². The zero-order valence-electron chi connectivity index (χ0n) is 26.0. The van der Waals surface area contributed by atoms with E-state index >= 15 is 0 Å². The molecule has 0 aliphatic carbocycles. The molecule has 0 unspecified atom stereocenters. The molecule has 5 rings (SSSR count). The SMILES string of the molecule is CCc1c2nc(c(CC)c3[nH]c(cc4nc(cc5ccc1[nH]5)C=C4)c(CC)c3CC)C(CC)(CC)C2(CC)CC. The van der Waals surface area contributed by atoms with Crippen LogP contribution in [-0.2, 0) is 36.5 Å². The van der Waals surface area contributed by atoms with Crippen molar-refractivity contribution >= 4 is 34.2 Å². The summed E-state index contributed by atoms with van der Waals surface area (Å²) in [4.78, 5) is 18.5. The molecule has 0 aromatic carbocycles. The van der Waals surface area contributed by atoms with Crippen LogP contribution in [0.2, 0.25) is 0 Å². The van der Waals surface area contributed by atoms with Crippen LogP contribution < -0.4 is 0 Å². The molecule has 4 nitrogen and oxygen atoms in total. The third-order valence-electron chi connectivity index (χ3n) is 10.3. The van der Waals surface area contributed by atoms with E-state index in [0.29, 0.717) is 0 Å². The Hall–Kier alpha value is -3.14. The summed E-state index contributed by atoms with van der Waals surface area (Å²) in [5.74, 6) is 0. The molecule has 0 spiro atoms. The van der Waals surface area contributed by atoms with Crippen LogP contribution in [0.15, 0.2) is 24.3 Å². The molecule has 2 aliphatic rings. The van der Waals surface area contributed by atoms with Gasteiger partial charge in [0, 0.05) is 32.9 Å². The number of aromatic amines is 2. The standard InChI is InChI=1S/C36H48N4/c1-9-26-27(10-2)32-29(12-4)34-36(15-7,16-8)35(13-5,14-6)33(40-34)28(11-3)30-20-19-24(38-30)21-23-17-18-25(37-23)22-31(26)39-32/h17-22,38-39H,9-16H2,1-8H3. The Morgan fingerprint density at radius 3 is 1.65 bits per heavy atom. The Morgan fingerprint density at radius 1 is 0.550 bits per heavy atom. The first-order chi connectivity index (χ1) is 19.4. The van der Waals surface area contributed by atoms with Crippen LogP contribution in [0, 0.1) is 0 Å². The van der Waals surface area contributed by atoms with E-state index in [1.165, 1.54) is 50.2 Å². The number of hydrogen-bond acceptors (Lipinski definition) is 2. The third kappa shape index (κ3) is 4.01. The normalized spacial score (nSPS) is 15.6. The molecule has 0 amide bonds. The quantitative estimate of drug-likeness (QED) is 0.235. The van der Waals surface area contributed by atoms with E-state index in [-0.39, 0.29) is 10.8 Å². The van der Waals surface area contributed by atoms with Crippen molar-refractivity contribution in [3.05, 3.63) is 69.3 Å².